The van der Waals surface area contributed by atoms with E-state index in [9.17, 15) is 4.79 Å². The lowest BCUT2D eigenvalue weighted by molar-refractivity contribution is 0.0960. The predicted molar refractivity (Wildman–Crippen MR) is 77.8 cm³/mol. The Morgan fingerprint density at radius 2 is 2.21 bits per heavy atom. The Morgan fingerprint density at radius 1 is 1.37 bits per heavy atom. The quantitative estimate of drug-likeness (QED) is 0.908. The summed E-state index contributed by atoms with van der Waals surface area (Å²) in [6, 6.07) is 9.82. The minimum Gasteiger partial charge on any atom is -0.489 e. The van der Waals surface area contributed by atoms with Crippen LogP contribution < -0.4 is 10.1 Å². The van der Waals surface area contributed by atoms with Gasteiger partial charge < -0.3 is 10.1 Å². The molecule has 1 amide bonds. The number of carbonyl (C=O) groups is 1. The van der Waals surface area contributed by atoms with E-state index in [1.165, 1.54) is 16.9 Å². The Balaban J connectivity index is 1.95. The smallest absolute Gasteiger partial charge is 0.261 e. The second-order valence-electron chi connectivity index (χ2n) is 4.28. The summed E-state index contributed by atoms with van der Waals surface area (Å²) >= 11 is 1.44. The van der Waals surface area contributed by atoms with E-state index in [0.29, 0.717) is 13.2 Å². The molecule has 1 aromatic heterocycles. The topological polar surface area (TPSA) is 38.3 Å². The summed E-state index contributed by atoms with van der Waals surface area (Å²) in [6.07, 6.45) is 0. The van der Waals surface area contributed by atoms with Gasteiger partial charge in [-0.25, -0.2) is 0 Å². The number of benzene rings is 1. The van der Waals surface area contributed by atoms with Crippen LogP contribution in [0.3, 0.4) is 0 Å². The zero-order valence-electron chi connectivity index (χ0n) is 11.1. The number of hydrogen-bond donors (Lipinski definition) is 1. The van der Waals surface area contributed by atoms with Crippen molar-refractivity contribution < 1.29 is 9.53 Å². The molecule has 2 aromatic rings. The van der Waals surface area contributed by atoms with Crippen molar-refractivity contribution in [1.29, 1.82) is 0 Å². The van der Waals surface area contributed by atoms with E-state index in [2.05, 4.69) is 5.32 Å². The Bertz CT molecular complexity index is 563. The van der Waals surface area contributed by atoms with Crippen LogP contribution in [-0.4, -0.2) is 12.5 Å². The molecule has 0 unspecified atom stereocenters. The van der Waals surface area contributed by atoms with Crippen molar-refractivity contribution in [2.24, 2.45) is 0 Å². The van der Waals surface area contributed by atoms with Gasteiger partial charge in [0.25, 0.3) is 5.91 Å². The molecule has 0 saturated carbocycles. The van der Waals surface area contributed by atoms with Crippen LogP contribution in [0.1, 0.15) is 27.7 Å². The number of ether oxygens (including phenoxy) is 1. The maximum Gasteiger partial charge on any atom is 0.261 e. The highest BCUT2D eigenvalue weighted by Crippen LogP contribution is 2.18. The van der Waals surface area contributed by atoms with Gasteiger partial charge in [0, 0.05) is 12.1 Å². The molecule has 1 aromatic carbocycles. The molecule has 0 fully saturated rings. The Morgan fingerprint density at radius 3 is 2.95 bits per heavy atom. The van der Waals surface area contributed by atoms with E-state index in [-0.39, 0.29) is 5.91 Å². The first-order valence-electron chi connectivity index (χ1n) is 6.24. The molecular weight excluding hydrogens is 258 g/mol. The molecule has 0 radical (unpaired) electrons. The van der Waals surface area contributed by atoms with Crippen molar-refractivity contribution in [1.82, 2.24) is 5.32 Å². The molecule has 3 nitrogen and oxygen atoms in total. The molecule has 0 aliphatic carbocycles. The van der Waals surface area contributed by atoms with E-state index in [4.69, 9.17) is 4.74 Å². The minimum atomic E-state index is -0.0192. The number of rotatable bonds is 5. The molecule has 0 saturated heterocycles. The van der Waals surface area contributed by atoms with Gasteiger partial charge in [-0.2, -0.15) is 0 Å². The van der Waals surface area contributed by atoms with Gasteiger partial charge in [-0.3, -0.25) is 4.79 Å². The van der Waals surface area contributed by atoms with Gasteiger partial charge in [0.2, 0.25) is 0 Å². The van der Waals surface area contributed by atoms with Gasteiger partial charge in [-0.15, -0.1) is 11.3 Å². The second kappa shape index (κ2) is 6.38. The molecule has 2 rings (SSSR count). The van der Waals surface area contributed by atoms with Gasteiger partial charge in [0.1, 0.15) is 12.4 Å². The summed E-state index contributed by atoms with van der Waals surface area (Å²) in [5.41, 5.74) is 2.19. The fraction of sp³-hybridized carbons (Fsp3) is 0.267. The van der Waals surface area contributed by atoms with Gasteiger partial charge >= 0.3 is 0 Å². The summed E-state index contributed by atoms with van der Waals surface area (Å²) in [4.78, 5) is 12.4. The van der Waals surface area contributed by atoms with Crippen LogP contribution in [0.15, 0.2) is 35.7 Å². The minimum absolute atomic E-state index is 0.0192. The van der Waals surface area contributed by atoms with Gasteiger partial charge in [0.15, 0.2) is 0 Å². The fourth-order valence-electron chi connectivity index (χ4n) is 1.69. The summed E-state index contributed by atoms with van der Waals surface area (Å²) in [6.45, 7) is 5.07. The lowest BCUT2D eigenvalue weighted by Crippen LogP contribution is -2.21. The number of amides is 1. The average molecular weight is 275 g/mol. The standard InChI is InChI=1S/C15H17NO2S/c1-3-16-15(17)14-8-12(10-19-14)9-18-13-6-4-5-11(2)7-13/h4-8,10H,3,9H2,1-2H3,(H,16,17). The highest BCUT2D eigenvalue weighted by molar-refractivity contribution is 7.12. The molecule has 0 atom stereocenters. The van der Waals surface area contributed by atoms with E-state index in [1.54, 1.807) is 0 Å². The molecule has 1 heterocycles. The van der Waals surface area contributed by atoms with Crippen molar-refractivity contribution in [3.05, 3.63) is 51.7 Å². The van der Waals surface area contributed by atoms with Gasteiger partial charge in [-0.05, 0) is 43.0 Å². The number of carbonyl (C=O) groups excluding carboxylic acids is 1. The second-order valence-corrected chi connectivity index (χ2v) is 5.20. The molecular formula is C15H17NO2S. The fourth-order valence-corrected chi connectivity index (χ4v) is 2.50. The molecule has 0 bridgehead atoms. The lowest BCUT2D eigenvalue weighted by atomic mass is 10.2. The third kappa shape index (κ3) is 3.83. The van der Waals surface area contributed by atoms with E-state index >= 15 is 0 Å². The Kier molecular flexibility index (Phi) is 4.58. The highest BCUT2D eigenvalue weighted by atomic mass is 32.1. The van der Waals surface area contributed by atoms with E-state index < -0.39 is 0 Å². The number of thiophene rings is 1. The molecule has 100 valence electrons. The normalized spacial score (nSPS) is 10.2. The van der Waals surface area contributed by atoms with E-state index in [1.807, 2.05) is 49.6 Å². The van der Waals surface area contributed by atoms with Crippen molar-refractivity contribution in [3.63, 3.8) is 0 Å². The van der Waals surface area contributed by atoms with Crippen LogP contribution in [0.2, 0.25) is 0 Å². The highest BCUT2D eigenvalue weighted by Gasteiger charge is 2.08. The number of nitrogens with one attached hydrogen (secondary N) is 1. The largest absolute Gasteiger partial charge is 0.489 e. The van der Waals surface area contributed by atoms with Crippen LogP contribution in [0.25, 0.3) is 0 Å². The predicted octanol–water partition coefficient (Wildman–Crippen LogP) is 3.39. The van der Waals surface area contributed by atoms with Crippen molar-refractivity contribution >= 4 is 17.2 Å². The maximum atomic E-state index is 11.6. The summed E-state index contributed by atoms with van der Waals surface area (Å²) in [5.74, 6) is 0.833. The SMILES string of the molecule is CCNC(=O)c1cc(COc2cccc(C)c2)cs1. The molecule has 19 heavy (non-hydrogen) atoms. The molecule has 0 spiro atoms. The summed E-state index contributed by atoms with van der Waals surface area (Å²) in [7, 11) is 0. The number of hydrogen-bond acceptors (Lipinski definition) is 3. The van der Waals surface area contributed by atoms with Crippen molar-refractivity contribution in [2.45, 2.75) is 20.5 Å². The van der Waals surface area contributed by atoms with Crippen LogP contribution >= 0.6 is 11.3 Å². The zero-order chi connectivity index (χ0) is 13.7. The van der Waals surface area contributed by atoms with E-state index in [0.717, 1.165) is 16.2 Å². The monoisotopic (exact) mass is 275 g/mol. The Labute approximate surface area is 117 Å². The van der Waals surface area contributed by atoms with Crippen LogP contribution in [-0.2, 0) is 6.61 Å². The van der Waals surface area contributed by atoms with Crippen molar-refractivity contribution in [3.8, 4) is 5.75 Å². The van der Waals surface area contributed by atoms with Gasteiger partial charge in [-0.1, -0.05) is 12.1 Å². The third-order valence-corrected chi connectivity index (χ3v) is 3.59. The van der Waals surface area contributed by atoms with Gasteiger partial charge in [0.05, 0.1) is 4.88 Å². The lowest BCUT2D eigenvalue weighted by Gasteiger charge is -2.05. The van der Waals surface area contributed by atoms with Crippen LogP contribution in [0.4, 0.5) is 0 Å². The van der Waals surface area contributed by atoms with Crippen LogP contribution in [0.5, 0.6) is 5.75 Å². The van der Waals surface area contributed by atoms with Crippen molar-refractivity contribution in [2.75, 3.05) is 6.54 Å². The summed E-state index contributed by atoms with van der Waals surface area (Å²) in [5, 5.41) is 4.75. The molecule has 1 N–H and O–H groups in total. The summed E-state index contributed by atoms with van der Waals surface area (Å²) < 4.78 is 5.70. The first-order chi connectivity index (χ1) is 9.19. The molecule has 0 aliphatic heterocycles. The first-order valence-corrected chi connectivity index (χ1v) is 7.12. The van der Waals surface area contributed by atoms with Crippen LogP contribution in [0, 0.1) is 6.92 Å². The zero-order valence-corrected chi connectivity index (χ0v) is 11.9. The Hall–Kier alpha value is -1.81. The maximum absolute atomic E-state index is 11.6. The number of aryl methyl sites for hydroxylation is 1. The molecule has 4 heteroatoms. The first kappa shape index (κ1) is 13.6. The molecule has 0 aliphatic rings. The third-order valence-electron chi connectivity index (χ3n) is 2.61. The average Bonchev–Trinajstić information content (AvgIpc) is 2.86.